The first-order chi connectivity index (χ1) is 16.6. The number of likely N-dealkylation sites (N-methyl/N-ethyl adjacent to an activating group) is 1. The normalized spacial score (nSPS) is 21.4. The molecule has 3 atom stereocenters. The quantitative estimate of drug-likeness (QED) is 0.529. The van der Waals surface area contributed by atoms with Crippen LogP contribution in [0, 0.1) is 11.8 Å². The van der Waals surface area contributed by atoms with Crippen LogP contribution in [0.15, 0.2) is 52.7 Å². The van der Waals surface area contributed by atoms with E-state index in [0.29, 0.717) is 29.7 Å². The van der Waals surface area contributed by atoms with Crippen LogP contribution in [0.3, 0.4) is 0 Å². The van der Waals surface area contributed by atoms with E-state index in [0.717, 1.165) is 37.1 Å². The maximum Gasteiger partial charge on any atom is 0.416 e. The molecule has 9 heteroatoms. The number of hydrogen-bond acceptors (Lipinski definition) is 4. The van der Waals surface area contributed by atoms with Gasteiger partial charge in [0, 0.05) is 30.4 Å². The molecule has 1 aliphatic heterocycles. The zero-order valence-electron chi connectivity index (χ0n) is 20.4. The standard InChI is InChI=1S/C26H33F3N4O2/c1-4-5-6-7-18(15-30)24(34)32-23-25(35)33(3)21-14-16(2)8-13-20(21)22(31-23)17-9-11-19(12-10-17)26(27,28)29/h8-13,16,18,23H,4-7,14-15,30H2,1-3H3,(H,32,34)/t16?,18-,23?/m0/s1. The van der Waals surface area contributed by atoms with Crippen molar-refractivity contribution in [1.29, 1.82) is 0 Å². The van der Waals surface area contributed by atoms with Crippen molar-refractivity contribution in [2.75, 3.05) is 13.6 Å². The fraction of sp³-hybridized carbons (Fsp3) is 0.500. The SMILES string of the molecule is CCCCC[C@@H](CN)C(=O)NC1N=C(c2ccc(C(F)(F)F)cc2)C2=C(CC(C)C=C2)N(C)C1=O. The zero-order chi connectivity index (χ0) is 25.8. The first-order valence-corrected chi connectivity index (χ1v) is 12.0. The van der Waals surface area contributed by atoms with Crippen LogP contribution < -0.4 is 11.1 Å². The molecule has 0 bridgehead atoms. The lowest BCUT2D eigenvalue weighted by Crippen LogP contribution is -2.48. The molecule has 1 aromatic rings. The second-order valence-corrected chi connectivity index (χ2v) is 9.19. The minimum Gasteiger partial charge on any atom is -0.330 e. The molecule has 0 saturated carbocycles. The molecule has 2 amide bonds. The van der Waals surface area contributed by atoms with Crippen molar-refractivity contribution < 1.29 is 22.8 Å². The summed E-state index contributed by atoms with van der Waals surface area (Å²) in [7, 11) is 1.63. The number of allylic oxidation sites excluding steroid dienone is 4. The molecule has 35 heavy (non-hydrogen) atoms. The van der Waals surface area contributed by atoms with E-state index in [2.05, 4.69) is 17.2 Å². The fourth-order valence-electron chi connectivity index (χ4n) is 4.33. The average Bonchev–Trinajstić information content (AvgIpc) is 2.92. The van der Waals surface area contributed by atoms with Gasteiger partial charge in [0.15, 0.2) is 0 Å². The third-order valence-electron chi connectivity index (χ3n) is 6.48. The van der Waals surface area contributed by atoms with E-state index in [1.165, 1.54) is 17.0 Å². The number of nitrogens with one attached hydrogen (secondary N) is 1. The average molecular weight is 491 g/mol. The monoisotopic (exact) mass is 490 g/mol. The van der Waals surface area contributed by atoms with Gasteiger partial charge in [-0.2, -0.15) is 13.2 Å². The number of aliphatic imine (C=N–C) groups is 1. The van der Waals surface area contributed by atoms with E-state index >= 15 is 0 Å². The largest absolute Gasteiger partial charge is 0.416 e. The van der Waals surface area contributed by atoms with E-state index < -0.39 is 29.7 Å². The summed E-state index contributed by atoms with van der Waals surface area (Å²) >= 11 is 0. The third kappa shape index (κ3) is 6.20. The molecule has 2 unspecified atom stereocenters. The van der Waals surface area contributed by atoms with E-state index in [4.69, 9.17) is 5.73 Å². The van der Waals surface area contributed by atoms with Gasteiger partial charge in [-0.25, -0.2) is 4.99 Å². The third-order valence-corrected chi connectivity index (χ3v) is 6.48. The van der Waals surface area contributed by atoms with Gasteiger partial charge in [0.05, 0.1) is 17.2 Å². The molecule has 0 fully saturated rings. The van der Waals surface area contributed by atoms with Crippen LogP contribution in [0.25, 0.3) is 0 Å². The van der Waals surface area contributed by atoms with Crippen molar-refractivity contribution in [3.05, 3.63) is 58.8 Å². The Hall–Kier alpha value is -2.94. The number of amides is 2. The molecule has 3 N–H and O–H groups in total. The topological polar surface area (TPSA) is 87.8 Å². The molecule has 1 aromatic carbocycles. The van der Waals surface area contributed by atoms with Gasteiger partial charge in [0.1, 0.15) is 0 Å². The van der Waals surface area contributed by atoms with Gasteiger partial charge in [-0.15, -0.1) is 0 Å². The Kier molecular flexibility index (Phi) is 8.53. The lowest BCUT2D eigenvalue weighted by molar-refractivity contribution is -0.137. The number of nitrogens with two attached hydrogens (primary N) is 1. The molecular formula is C26H33F3N4O2. The van der Waals surface area contributed by atoms with E-state index in [9.17, 15) is 22.8 Å². The van der Waals surface area contributed by atoms with Crippen molar-refractivity contribution in [3.63, 3.8) is 0 Å². The Balaban J connectivity index is 1.99. The number of alkyl halides is 3. The zero-order valence-corrected chi connectivity index (χ0v) is 20.4. The van der Waals surface area contributed by atoms with Gasteiger partial charge in [0.25, 0.3) is 5.91 Å². The molecular weight excluding hydrogens is 457 g/mol. The van der Waals surface area contributed by atoms with Crippen molar-refractivity contribution >= 4 is 17.5 Å². The Bertz CT molecular complexity index is 1030. The summed E-state index contributed by atoms with van der Waals surface area (Å²) in [5.41, 5.74) is 7.25. The minimum atomic E-state index is -4.46. The summed E-state index contributed by atoms with van der Waals surface area (Å²) < 4.78 is 39.3. The number of benzene rings is 1. The summed E-state index contributed by atoms with van der Waals surface area (Å²) in [5, 5.41) is 2.74. The fourth-order valence-corrected chi connectivity index (χ4v) is 4.33. The molecule has 0 aromatic heterocycles. The van der Waals surface area contributed by atoms with E-state index in [1.54, 1.807) is 7.05 Å². The van der Waals surface area contributed by atoms with Gasteiger partial charge in [-0.1, -0.05) is 57.4 Å². The lowest BCUT2D eigenvalue weighted by atomic mass is 9.89. The lowest BCUT2D eigenvalue weighted by Gasteiger charge is -2.27. The molecule has 3 rings (SSSR count). The number of carbonyl (C=O) groups excluding carboxylic acids is 2. The summed E-state index contributed by atoms with van der Waals surface area (Å²) in [6.45, 7) is 4.23. The van der Waals surface area contributed by atoms with Crippen LogP contribution in [-0.2, 0) is 15.8 Å². The van der Waals surface area contributed by atoms with Crippen LogP contribution in [-0.4, -0.2) is 42.2 Å². The van der Waals surface area contributed by atoms with E-state index in [1.807, 2.05) is 19.1 Å². The predicted molar refractivity (Wildman–Crippen MR) is 129 cm³/mol. The maximum atomic E-state index is 13.3. The smallest absolute Gasteiger partial charge is 0.330 e. The highest BCUT2D eigenvalue weighted by Crippen LogP contribution is 2.33. The van der Waals surface area contributed by atoms with Gasteiger partial charge >= 0.3 is 6.18 Å². The number of halogens is 3. The molecule has 6 nitrogen and oxygen atoms in total. The Morgan fingerprint density at radius 3 is 2.54 bits per heavy atom. The molecule has 0 spiro atoms. The van der Waals surface area contributed by atoms with Crippen LogP contribution in [0.1, 0.15) is 57.1 Å². The second kappa shape index (κ2) is 11.2. The summed E-state index contributed by atoms with van der Waals surface area (Å²) in [6, 6.07) is 4.69. The van der Waals surface area contributed by atoms with Crippen LogP contribution in [0.2, 0.25) is 0 Å². The number of rotatable bonds is 8. The molecule has 2 aliphatic rings. The van der Waals surface area contributed by atoms with Gasteiger partial charge < -0.3 is 16.0 Å². The van der Waals surface area contributed by atoms with Crippen LogP contribution in [0.5, 0.6) is 0 Å². The van der Waals surface area contributed by atoms with Gasteiger partial charge in [-0.05, 0) is 30.9 Å². The molecule has 0 radical (unpaired) electrons. The Labute approximate surface area is 204 Å². The second-order valence-electron chi connectivity index (χ2n) is 9.19. The first-order valence-electron chi connectivity index (χ1n) is 12.0. The first kappa shape index (κ1) is 26.7. The summed E-state index contributed by atoms with van der Waals surface area (Å²) in [6.07, 6.45) is 2.17. The van der Waals surface area contributed by atoms with Crippen LogP contribution >= 0.6 is 0 Å². The number of nitrogens with zero attached hydrogens (tertiary/aromatic N) is 2. The number of unbranched alkanes of at least 4 members (excludes halogenated alkanes) is 2. The van der Waals surface area contributed by atoms with Crippen molar-refractivity contribution in [2.45, 2.75) is 58.3 Å². The Morgan fingerprint density at radius 2 is 1.94 bits per heavy atom. The molecule has 190 valence electrons. The van der Waals surface area contributed by atoms with Crippen LogP contribution in [0.4, 0.5) is 13.2 Å². The summed E-state index contributed by atoms with van der Waals surface area (Å²) in [4.78, 5) is 32.4. The summed E-state index contributed by atoms with van der Waals surface area (Å²) in [5.74, 6) is -1.03. The van der Waals surface area contributed by atoms with Gasteiger partial charge in [-0.3, -0.25) is 9.59 Å². The molecule has 1 heterocycles. The Morgan fingerprint density at radius 1 is 1.26 bits per heavy atom. The number of hydrogen-bond donors (Lipinski definition) is 2. The minimum absolute atomic E-state index is 0.150. The van der Waals surface area contributed by atoms with Gasteiger partial charge in [0.2, 0.25) is 12.1 Å². The molecule has 1 aliphatic carbocycles. The van der Waals surface area contributed by atoms with Crippen molar-refractivity contribution in [1.82, 2.24) is 10.2 Å². The highest BCUT2D eigenvalue weighted by atomic mass is 19.4. The number of carbonyl (C=O) groups is 2. The maximum absolute atomic E-state index is 13.3. The molecule has 0 saturated heterocycles. The van der Waals surface area contributed by atoms with E-state index in [-0.39, 0.29) is 18.4 Å². The predicted octanol–water partition coefficient (Wildman–Crippen LogP) is 4.41. The highest BCUT2D eigenvalue weighted by molar-refractivity contribution is 6.16. The highest BCUT2D eigenvalue weighted by Gasteiger charge is 2.35. The van der Waals surface area contributed by atoms with Crippen molar-refractivity contribution in [3.8, 4) is 0 Å². The van der Waals surface area contributed by atoms with Crippen molar-refractivity contribution in [2.24, 2.45) is 22.6 Å².